The van der Waals surface area contributed by atoms with Crippen LogP contribution in [0.25, 0.3) is 0 Å². The Balaban J connectivity index is 1.52. The molecule has 2 aromatic heterocycles. The van der Waals surface area contributed by atoms with Crippen LogP contribution < -0.4 is 20.7 Å². The molecule has 0 unspecified atom stereocenters. The first-order valence-corrected chi connectivity index (χ1v) is 13.8. The van der Waals surface area contributed by atoms with Crippen molar-refractivity contribution in [2.24, 2.45) is 5.16 Å². The van der Waals surface area contributed by atoms with Gasteiger partial charge in [0.1, 0.15) is 30.4 Å². The van der Waals surface area contributed by atoms with Crippen LogP contribution in [-0.4, -0.2) is 75.5 Å². The minimum absolute atomic E-state index is 0.00548. The van der Waals surface area contributed by atoms with Crippen LogP contribution in [-0.2, 0) is 32.2 Å². The van der Waals surface area contributed by atoms with Gasteiger partial charge in [0.2, 0.25) is 5.51 Å². The average Bonchev–Trinajstić information content (AvgIpc) is 3.45. The Morgan fingerprint density at radius 3 is 2.89 bits per heavy atom. The lowest BCUT2D eigenvalue weighted by Gasteiger charge is -2.50. The molecule has 4 rings (SSSR count). The number of carboxylic acids is 1. The number of carboxylic acid groups (broad SMARTS) is 1. The normalized spacial score (nSPS) is 19.5. The molecule has 4 heterocycles. The number of halogens is 1. The van der Waals surface area contributed by atoms with Crippen molar-refractivity contribution in [1.82, 2.24) is 15.2 Å². The summed E-state index contributed by atoms with van der Waals surface area (Å²) in [6.45, 7) is 0.930. The zero-order valence-electron chi connectivity index (χ0n) is 19.5. The Hall–Kier alpha value is -3.08. The Morgan fingerprint density at radius 1 is 1.46 bits per heavy atom. The van der Waals surface area contributed by atoms with Gasteiger partial charge in [-0.15, -0.1) is 23.1 Å². The summed E-state index contributed by atoms with van der Waals surface area (Å²) in [7, 11) is 0. The molecule has 1 fully saturated rings. The molecule has 0 bridgehead atoms. The molecular formula is C21H23FN6O6S3. The van der Waals surface area contributed by atoms with Crippen molar-refractivity contribution < 1.29 is 38.4 Å². The van der Waals surface area contributed by atoms with Crippen LogP contribution in [0.1, 0.15) is 16.3 Å². The number of β-lactam (4-membered cyclic amide) rings is 1. The van der Waals surface area contributed by atoms with Gasteiger partial charge >= 0.3 is 0 Å². The molecule has 0 saturated carbocycles. The number of anilines is 1. The summed E-state index contributed by atoms with van der Waals surface area (Å²) in [5.74, 6) is -2.60. The second-order valence-corrected chi connectivity index (χ2v) is 10.9. The number of aliphatic carboxylic acids is 1. The number of nitrogens with zero attached hydrogens (tertiary/aromatic N) is 4. The van der Waals surface area contributed by atoms with E-state index in [1.165, 1.54) is 28.5 Å². The lowest BCUT2D eigenvalue weighted by Crippen LogP contribution is -2.71. The van der Waals surface area contributed by atoms with E-state index in [1.54, 1.807) is 0 Å². The summed E-state index contributed by atoms with van der Waals surface area (Å²) in [6, 6.07) is -1.03. The van der Waals surface area contributed by atoms with E-state index in [4.69, 9.17) is 10.6 Å². The summed E-state index contributed by atoms with van der Waals surface area (Å²) in [4.78, 5) is 48.9. The molecular weight excluding hydrogens is 547 g/mol. The van der Waals surface area contributed by atoms with E-state index in [1.807, 2.05) is 17.0 Å². The van der Waals surface area contributed by atoms with Crippen molar-refractivity contribution in [3.05, 3.63) is 38.4 Å². The third-order valence-corrected chi connectivity index (χ3v) is 8.85. The highest BCUT2D eigenvalue weighted by atomic mass is 32.2. The molecule has 16 heteroatoms. The number of carbonyl (C=O) groups excluding carboxylic acids is 3. The van der Waals surface area contributed by atoms with E-state index >= 15 is 0 Å². The van der Waals surface area contributed by atoms with E-state index in [-0.39, 0.29) is 42.0 Å². The van der Waals surface area contributed by atoms with Crippen LogP contribution in [0.3, 0.4) is 0 Å². The van der Waals surface area contributed by atoms with Crippen LogP contribution >= 0.6 is 34.4 Å². The second-order valence-electron chi connectivity index (χ2n) is 7.97. The van der Waals surface area contributed by atoms with Crippen molar-refractivity contribution in [2.45, 2.75) is 31.3 Å². The first kappa shape index (κ1) is 27.0. The number of hydrogen-bond donors (Lipinski definition) is 3. The van der Waals surface area contributed by atoms with E-state index in [2.05, 4.69) is 15.5 Å². The molecule has 0 aliphatic carbocycles. The van der Waals surface area contributed by atoms with Gasteiger partial charge in [-0.05, 0) is 0 Å². The maximum Gasteiger partial charge on any atom is 0.276 e. The molecule has 2 aromatic rings. The zero-order chi connectivity index (χ0) is 26.7. The summed E-state index contributed by atoms with van der Waals surface area (Å²) in [5, 5.41) is 28.5. The number of carbonyl (C=O) groups is 3. The molecule has 0 radical (unpaired) electrons. The predicted molar refractivity (Wildman–Crippen MR) is 132 cm³/mol. The van der Waals surface area contributed by atoms with E-state index in [0.717, 1.165) is 26.8 Å². The van der Waals surface area contributed by atoms with Crippen LogP contribution in [0.15, 0.2) is 27.3 Å². The topological polar surface area (TPSA) is 174 Å². The van der Waals surface area contributed by atoms with Crippen LogP contribution in [0.2, 0.25) is 0 Å². The van der Waals surface area contributed by atoms with Crippen molar-refractivity contribution >= 4 is 63.1 Å². The number of oxime groups is 1. The minimum Gasteiger partial charge on any atom is -0.543 e. The maximum absolute atomic E-state index is 13.0. The van der Waals surface area contributed by atoms with Crippen molar-refractivity contribution in [3.8, 4) is 0 Å². The standard InChI is InChI=1S/C21H23FN6O6S3/c1-10-13(2-4-29)37-9-27(10)6-11-7-35-19-15(18(31)28(19)16(11)20(32)33)25-17(30)14(26-34-5-3-22)12-8-36-21(23)24-12/h8-9,15,19,29H,2-7H2,1H3,(H3-,23,24,25,30,32,33)/b26-14-/t15-,19-/m1/s1. The Morgan fingerprint density at radius 2 is 2.24 bits per heavy atom. The lowest BCUT2D eigenvalue weighted by atomic mass is 10.0. The van der Waals surface area contributed by atoms with Gasteiger partial charge < -0.3 is 30.9 Å². The smallest absolute Gasteiger partial charge is 0.276 e. The number of hydrogen-bond acceptors (Lipinski definition) is 12. The quantitative estimate of drug-likeness (QED) is 0.0976. The Bertz CT molecular complexity index is 1280. The molecule has 2 atom stereocenters. The molecule has 0 aromatic carbocycles. The van der Waals surface area contributed by atoms with Gasteiger partial charge in [-0.3, -0.25) is 14.5 Å². The highest BCUT2D eigenvalue weighted by Crippen LogP contribution is 2.40. The average molecular weight is 571 g/mol. The first-order valence-electron chi connectivity index (χ1n) is 11.0. The number of aromatic nitrogens is 2. The number of thiazole rings is 2. The van der Waals surface area contributed by atoms with Crippen molar-refractivity contribution in [1.29, 1.82) is 0 Å². The SMILES string of the molecule is Cc1c(CCO)sc[n+]1CC1=C(C(=O)[O-])N2C(=O)[C@@H](NC(=O)/C(=N\OCCF)c3csc(N)n3)[C@H]2SC1. The van der Waals surface area contributed by atoms with Crippen molar-refractivity contribution in [3.63, 3.8) is 0 Å². The van der Waals surface area contributed by atoms with Crippen molar-refractivity contribution in [2.75, 3.05) is 31.4 Å². The number of nitrogen functional groups attached to an aromatic ring is 1. The zero-order valence-corrected chi connectivity index (χ0v) is 22.0. The number of rotatable bonds is 11. The van der Waals surface area contributed by atoms with E-state index in [0.29, 0.717) is 17.7 Å². The Kier molecular flexibility index (Phi) is 8.41. The third kappa shape index (κ3) is 5.46. The van der Waals surface area contributed by atoms with E-state index in [9.17, 15) is 29.0 Å². The molecule has 12 nitrogen and oxygen atoms in total. The number of nitrogens with two attached hydrogens (primary N) is 1. The summed E-state index contributed by atoms with van der Waals surface area (Å²) in [6.07, 6.45) is 0.496. The number of fused-ring (bicyclic) bond motifs is 1. The molecule has 0 spiro atoms. The predicted octanol–water partition coefficient (Wildman–Crippen LogP) is -1.29. The molecule has 2 aliphatic rings. The van der Waals surface area contributed by atoms with Crippen LogP contribution in [0.5, 0.6) is 0 Å². The summed E-state index contributed by atoms with van der Waals surface area (Å²) < 4.78 is 14.3. The number of thioether (sulfide) groups is 1. The van der Waals surface area contributed by atoms with Gasteiger partial charge in [-0.2, -0.15) is 4.57 Å². The van der Waals surface area contributed by atoms with Gasteiger partial charge in [-0.1, -0.05) is 16.5 Å². The largest absolute Gasteiger partial charge is 0.543 e. The molecule has 198 valence electrons. The number of aliphatic hydroxyl groups excluding tert-OH is 1. The van der Waals surface area contributed by atoms with Gasteiger partial charge in [-0.25, -0.2) is 9.37 Å². The molecule has 4 N–H and O–H groups in total. The fourth-order valence-corrected chi connectivity index (χ4v) is 6.77. The molecule has 37 heavy (non-hydrogen) atoms. The summed E-state index contributed by atoms with van der Waals surface area (Å²) in [5.41, 5.74) is 8.48. The monoisotopic (exact) mass is 570 g/mol. The summed E-state index contributed by atoms with van der Waals surface area (Å²) >= 11 is 3.83. The fraction of sp³-hybridized carbons (Fsp3) is 0.429. The van der Waals surface area contributed by atoms with Gasteiger partial charge in [0.05, 0.1) is 16.5 Å². The second kappa shape index (κ2) is 11.5. The van der Waals surface area contributed by atoms with E-state index < -0.39 is 35.9 Å². The fourth-order valence-electron chi connectivity index (χ4n) is 3.90. The number of nitrogens with one attached hydrogen (secondary N) is 1. The van der Waals surface area contributed by atoms with Gasteiger partial charge in [0, 0.05) is 36.7 Å². The third-order valence-electron chi connectivity index (χ3n) is 5.69. The minimum atomic E-state index is -1.48. The van der Waals surface area contributed by atoms with Crippen LogP contribution in [0, 0.1) is 6.92 Å². The van der Waals surface area contributed by atoms with Crippen LogP contribution in [0.4, 0.5) is 9.52 Å². The molecule has 2 aliphatic heterocycles. The van der Waals surface area contributed by atoms with Gasteiger partial charge in [0.25, 0.3) is 11.8 Å². The number of amides is 2. The molecule has 1 saturated heterocycles. The highest BCUT2D eigenvalue weighted by molar-refractivity contribution is 8.00. The lowest BCUT2D eigenvalue weighted by molar-refractivity contribution is -0.690. The highest BCUT2D eigenvalue weighted by Gasteiger charge is 2.53. The first-order chi connectivity index (χ1) is 17.8. The number of alkyl halides is 1. The molecule has 2 amide bonds. The Labute approximate surface area is 222 Å². The maximum atomic E-state index is 13.0. The van der Waals surface area contributed by atoms with Gasteiger partial charge in [0.15, 0.2) is 23.1 Å². The number of aliphatic hydroxyl groups is 1.